The number of halogens is 4. The van der Waals surface area contributed by atoms with E-state index in [4.69, 9.17) is 0 Å². The number of aryl methyl sites for hydroxylation is 1. The number of rotatable bonds is 5. The molecule has 27 heavy (non-hydrogen) atoms. The Morgan fingerprint density at radius 2 is 1.78 bits per heavy atom. The van der Waals surface area contributed by atoms with Crippen LogP contribution in [0.3, 0.4) is 0 Å². The molecule has 0 aliphatic heterocycles. The number of nitrogens with one attached hydrogen (secondary N) is 2. The smallest absolute Gasteiger partial charge is 0.343 e. The predicted molar refractivity (Wildman–Crippen MR) is 101 cm³/mol. The lowest BCUT2D eigenvalue weighted by Crippen LogP contribution is -2.32. The molecule has 2 amide bonds. The third-order valence-electron chi connectivity index (χ3n) is 3.55. The summed E-state index contributed by atoms with van der Waals surface area (Å²) in [5.74, 6) is -1.55. The van der Waals surface area contributed by atoms with Crippen molar-refractivity contribution in [2.45, 2.75) is 13.1 Å². The van der Waals surface area contributed by atoms with Crippen LogP contribution in [0.5, 0.6) is 0 Å². The van der Waals surface area contributed by atoms with Crippen molar-refractivity contribution in [3.05, 3.63) is 70.2 Å². The molecule has 2 aromatic carbocycles. The quantitative estimate of drug-likeness (QED) is 0.674. The average molecular weight is 441 g/mol. The molecule has 142 valence electrons. The molecule has 0 aromatic heterocycles. The highest BCUT2D eigenvalue weighted by Crippen LogP contribution is 2.33. The van der Waals surface area contributed by atoms with Crippen LogP contribution in [0, 0.1) is 6.92 Å². The molecule has 2 rings (SSSR count). The zero-order valence-electron chi connectivity index (χ0n) is 14.2. The van der Waals surface area contributed by atoms with Crippen molar-refractivity contribution in [2.75, 3.05) is 11.9 Å². The normalized spacial score (nSPS) is 11.8. The summed E-state index contributed by atoms with van der Waals surface area (Å²) in [7, 11) is 0. The number of carbonyl (C=O) groups is 2. The van der Waals surface area contributed by atoms with Crippen LogP contribution in [0.15, 0.2) is 59.1 Å². The van der Waals surface area contributed by atoms with E-state index in [0.717, 1.165) is 10.0 Å². The van der Waals surface area contributed by atoms with Crippen molar-refractivity contribution < 1.29 is 22.8 Å². The lowest BCUT2D eigenvalue weighted by atomic mass is 10.1. The molecule has 2 aromatic rings. The second kappa shape index (κ2) is 8.85. The van der Waals surface area contributed by atoms with Gasteiger partial charge in [-0.25, -0.2) is 0 Å². The van der Waals surface area contributed by atoms with Crippen molar-refractivity contribution in [3.8, 4) is 0 Å². The van der Waals surface area contributed by atoms with E-state index in [0.29, 0.717) is 11.8 Å². The third-order valence-corrected chi connectivity index (χ3v) is 4.04. The number of amides is 2. The fraction of sp³-hybridized carbons (Fsp3) is 0.158. The molecular weight excluding hydrogens is 425 g/mol. The van der Waals surface area contributed by atoms with Crippen LogP contribution in [0.2, 0.25) is 0 Å². The maximum absolute atomic E-state index is 13.2. The Morgan fingerprint density at radius 3 is 2.37 bits per heavy atom. The number of alkyl halides is 3. The zero-order chi connectivity index (χ0) is 20.0. The van der Waals surface area contributed by atoms with Gasteiger partial charge in [0, 0.05) is 16.2 Å². The fourth-order valence-corrected chi connectivity index (χ4v) is 2.73. The monoisotopic (exact) mass is 440 g/mol. The Labute approximate surface area is 162 Å². The standard InChI is InChI=1S/C19H16BrF3N2O2/c1-12-9-14(20)7-8-16(12)25-18(27)11-24-17(26)10-15(19(21,22)23)13-5-3-2-4-6-13/h2-10H,11H2,1H3,(H,24,26)(H,25,27)/b15-10-. The first-order chi connectivity index (χ1) is 12.7. The lowest BCUT2D eigenvalue weighted by molar-refractivity contribution is -0.121. The van der Waals surface area contributed by atoms with E-state index in [1.54, 1.807) is 31.2 Å². The SMILES string of the molecule is Cc1cc(Br)ccc1NC(=O)CNC(=O)/C=C(/c1ccccc1)C(F)(F)F. The molecule has 4 nitrogen and oxygen atoms in total. The maximum atomic E-state index is 13.2. The highest BCUT2D eigenvalue weighted by Gasteiger charge is 2.35. The summed E-state index contributed by atoms with van der Waals surface area (Å²) in [5, 5.41) is 4.76. The van der Waals surface area contributed by atoms with E-state index in [2.05, 4.69) is 26.6 Å². The highest BCUT2D eigenvalue weighted by atomic mass is 79.9. The number of allylic oxidation sites excluding steroid dienone is 1. The molecule has 0 unspecified atom stereocenters. The molecule has 0 radical (unpaired) electrons. The minimum atomic E-state index is -4.70. The van der Waals surface area contributed by atoms with Gasteiger partial charge in [0.15, 0.2) is 0 Å². The van der Waals surface area contributed by atoms with E-state index in [1.165, 1.54) is 24.3 Å². The van der Waals surface area contributed by atoms with E-state index < -0.39 is 30.1 Å². The molecule has 0 fully saturated rings. The molecule has 0 saturated carbocycles. The summed E-state index contributed by atoms with van der Waals surface area (Å²) in [6.07, 6.45) is -4.25. The van der Waals surface area contributed by atoms with Crippen LogP contribution >= 0.6 is 15.9 Å². The Kier molecular flexibility index (Phi) is 6.79. The van der Waals surface area contributed by atoms with E-state index in [9.17, 15) is 22.8 Å². The molecular formula is C19H16BrF3N2O2. The molecule has 0 atom stereocenters. The van der Waals surface area contributed by atoms with E-state index >= 15 is 0 Å². The topological polar surface area (TPSA) is 58.2 Å². The van der Waals surface area contributed by atoms with E-state index in [-0.39, 0.29) is 5.56 Å². The second-order valence-electron chi connectivity index (χ2n) is 5.65. The fourth-order valence-electron chi connectivity index (χ4n) is 2.26. The highest BCUT2D eigenvalue weighted by molar-refractivity contribution is 9.10. The van der Waals surface area contributed by atoms with Gasteiger partial charge in [0.2, 0.25) is 11.8 Å². The van der Waals surface area contributed by atoms with Gasteiger partial charge in [0.05, 0.1) is 12.1 Å². The van der Waals surface area contributed by atoms with Crippen molar-refractivity contribution in [1.29, 1.82) is 0 Å². The van der Waals surface area contributed by atoms with Gasteiger partial charge in [0.25, 0.3) is 0 Å². The van der Waals surface area contributed by atoms with Gasteiger partial charge in [-0.3, -0.25) is 9.59 Å². The van der Waals surface area contributed by atoms with Crippen molar-refractivity contribution >= 4 is 39.0 Å². The van der Waals surface area contributed by atoms with Crippen LogP contribution in [-0.2, 0) is 9.59 Å². The Bertz CT molecular complexity index is 865. The number of carbonyl (C=O) groups excluding carboxylic acids is 2. The molecule has 0 aliphatic carbocycles. The Morgan fingerprint density at radius 1 is 1.11 bits per heavy atom. The molecule has 0 saturated heterocycles. The van der Waals surface area contributed by atoms with Crippen LogP contribution in [0.25, 0.3) is 5.57 Å². The van der Waals surface area contributed by atoms with Gasteiger partial charge >= 0.3 is 6.18 Å². The first-order valence-electron chi connectivity index (χ1n) is 7.85. The van der Waals surface area contributed by atoms with Crippen molar-refractivity contribution in [2.24, 2.45) is 0 Å². The van der Waals surface area contributed by atoms with Crippen LogP contribution in [-0.4, -0.2) is 24.5 Å². The van der Waals surface area contributed by atoms with Crippen molar-refractivity contribution in [1.82, 2.24) is 5.32 Å². The van der Waals surface area contributed by atoms with Crippen LogP contribution in [0.1, 0.15) is 11.1 Å². The minimum Gasteiger partial charge on any atom is -0.343 e. The van der Waals surface area contributed by atoms with Crippen LogP contribution < -0.4 is 10.6 Å². The lowest BCUT2D eigenvalue weighted by Gasteiger charge is -2.12. The van der Waals surface area contributed by atoms with Gasteiger partial charge in [-0.15, -0.1) is 0 Å². The summed E-state index contributed by atoms with van der Waals surface area (Å²) < 4.78 is 40.4. The number of anilines is 1. The molecule has 0 heterocycles. The zero-order valence-corrected chi connectivity index (χ0v) is 15.8. The molecule has 8 heteroatoms. The second-order valence-corrected chi connectivity index (χ2v) is 6.56. The van der Waals surface area contributed by atoms with Gasteiger partial charge in [0.1, 0.15) is 0 Å². The number of hydrogen-bond acceptors (Lipinski definition) is 2. The Hall–Kier alpha value is -2.61. The Balaban J connectivity index is 2.03. The number of benzene rings is 2. The predicted octanol–water partition coefficient (Wildman–Crippen LogP) is 4.46. The maximum Gasteiger partial charge on any atom is 0.417 e. The van der Waals surface area contributed by atoms with Gasteiger partial charge < -0.3 is 10.6 Å². The van der Waals surface area contributed by atoms with E-state index in [1.807, 2.05) is 0 Å². The molecule has 0 spiro atoms. The molecule has 2 N–H and O–H groups in total. The third kappa shape index (κ3) is 6.25. The summed E-state index contributed by atoms with van der Waals surface area (Å²) in [6.45, 7) is 1.34. The first kappa shape index (κ1) is 20.7. The minimum absolute atomic E-state index is 0.130. The van der Waals surface area contributed by atoms with Crippen molar-refractivity contribution in [3.63, 3.8) is 0 Å². The first-order valence-corrected chi connectivity index (χ1v) is 8.64. The summed E-state index contributed by atoms with van der Waals surface area (Å²) in [5.41, 5.74) is 0.139. The van der Waals surface area contributed by atoms with Gasteiger partial charge in [-0.2, -0.15) is 13.2 Å². The van der Waals surface area contributed by atoms with Gasteiger partial charge in [-0.05, 0) is 36.2 Å². The summed E-state index contributed by atoms with van der Waals surface area (Å²) in [6, 6.07) is 12.2. The largest absolute Gasteiger partial charge is 0.417 e. The molecule has 0 aliphatic rings. The summed E-state index contributed by atoms with van der Waals surface area (Å²) >= 11 is 3.30. The van der Waals surface area contributed by atoms with Gasteiger partial charge in [-0.1, -0.05) is 46.3 Å². The summed E-state index contributed by atoms with van der Waals surface area (Å²) in [4.78, 5) is 23.8. The average Bonchev–Trinajstić information content (AvgIpc) is 2.60. The molecule has 0 bridgehead atoms. The number of hydrogen-bond donors (Lipinski definition) is 2. The van der Waals surface area contributed by atoms with Crippen LogP contribution in [0.4, 0.5) is 18.9 Å².